The summed E-state index contributed by atoms with van der Waals surface area (Å²) >= 11 is 0. The van der Waals surface area contributed by atoms with Gasteiger partial charge in [-0.2, -0.15) is 0 Å². The van der Waals surface area contributed by atoms with Gasteiger partial charge in [0.05, 0.1) is 11.4 Å². The Hall–Kier alpha value is -3.49. The van der Waals surface area contributed by atoms with E-state index in [9.17, 15) is 10.2 Å². The Balaban J connectivity index is 0.00000152. The molecular weight excluding hydrogens is 774 g/mol. The van der Waals surface area contributed by atoms with Gasteiger partial charge in [-0.1, -0.05) is 66.7 Å². The van der Waals surface area contributed by atoms with Crippen LogP contribution >= 0.6 is 0 Å². The van der Waals surface area contributed by atoms with E-state index in [2.05, 4.69) is 105 Å². The molecule has 0 saturated heterocycles. The van der Waals surface area contributed by atoms with E-state index in [-0.39, 0.29) is 51.9 Å². The third-order valence-electron chi connectivity index (χ3n) is 15.5. The Bertz CT molecular complexity index is 2090. The molecule has 8 bridgehead atoms. The molecule has 1 aromatic heterocycles. The Labute approximate surface area is 360 Å². The van der Waals surface area contributed by atoms with E-state index < -0.39 is 0 Å². The first-order valence-corrected chi connectivity index (χ1v) is 21.1. The maximum absolute atomic E-state index is 12.3. The smallest absolute Gasteiger partial charge is 0.127 e. The molecule has 3 nitrogen and oxygen atoms in total. The molecule has 294 valence electrons. The normalized spacial score (nSPS) is 30.0. The number of pyridine rings is 1. The minimum Gasteiger partial charge on any atom is -0.507 e. The molecule has 8 fully saturated rings. The van der Waals surface area contributed by atoms with Crippen molar-refractivity contribution in [3.63, 3.8) is 0 Å². The van der Waals surface area contributed by atoms with Crippen molar-refractivity contribution < 1.29 is 36.4 Å². The van der Waals surface area contributed by atoms with Crippen molar-refractivity contribution in [3.8, 4) is 56.3 Å². The van der Waals surface area contributed by atoms with Crippen molar-refractivity contribution >= 4 is 0 Å². The Morgan fingerprint density at radius 2 is 0.754 bits per heavy atom. The van der Waals surface area contributed by atoms with Crippen LogP contribution in [0.15, 0.2) is 91.0 Å². The van der Waals surface area contributed by atoms with Crippen LogP contribution in [0.4, 0.5) is 0 Å². The zero-order valence-corrected chi connectivity index (χ0v) is 36.9. The first kappa shape index (κ1) is 40.3. The number of phenolic OH excluding ortho intramolecular Hbond substituents is 2. The zero-order valence-electron chi connectivity index (χ0n) is 34.5. The second kappa shape index (κ2) is 15.0. The van der Waals surface area contributed by atoms with Crippen molar-refractivity contribution in [2.24, 2.45) is 35.5 Å². The van der Waals surface area contributed by atoms with Crippen LogP contribution in [0.2, 0.25) is 0 Å². The average molecular weight is 833 g/mol. The van der Waals surface area contributed by atoms with E-state index in [0.29, 0.717) is 11.5 Å². The van der Waals surface area contributed by atoms with Gasteiger partial charge in [0.15, 0.2) is 0 Å². The summed E-state index contributed by atoms with van der Waals surface area (Å²) in [6.45, 7) is 4.39. The van der Waals surface area contributed by atoms with Crippen LogP contribution in [0.5, 0.6) is 11.5 Å². The standard InChI is InChI=1S/C51H53NO2.2CH3.Zr/c1-30-14-42(48(53)44(16-30)50-24-32-18-33(25-50)20-34(19-32)26-50)38-8-3-5-10-40(38)46-12-7-13-47(52-46)41-11-6-4-9-39(41)43-15-31(2)17-45(49(43)54)51-27-35-21-36(28-51)23-37(22-35)29-51;;;/h3-17,32-37,53-54H,18-29H2,1-2H3;2*1H3;/q;2*-1;. The molecule has 0 amide bonds. The maximum atomic E-state index is 12.3. The van der Waals surface area contributed by atoms with Crippen LogP contribution in [0.25, 0.3) is 44.8 Å². The van der Waals surface area contributed by atoms with Gasteiger partial charge in [-0.15, -0.1) is 0 Å². The van der Waals surface area contributed by atoms with Gasteiger partial charge in [-0.25, -0.2) is 4.98 Å². The van der Waals surface area contributed by atoms with E-state index >= 15 is 0 Å². The van der Waals surface area contributed by atoms with E-state index in [1.165, 1.54) is 99.3 Å². The van der Waals surface area contributed by atoms with Gasteiger partial charge in [-0.3, -0.25) is 0 Å². The fraction of sp³-hybridized carbons (Fsp3) is 0.415. The molecule has 4 aromatic carbocycles. The fourth-order valence-electron chi connectivity index (χ4n) is 14.3. The van der Waals surface area contributed by atoms with Crippen LogP contribution in [-0.4, -0.2) is 15.2 Å². The minimum absolute atomic E-state index is 0. The molecule has 4 heteroatoms. The number of nitrogens with zero attached hydrogens (tertiary/aromatic N) is 1. The Kier molecular flexibility index (Phi) is 10.6. The van der Waals surface area contributed by atoms with Gasteiger partial charge in [0.25, 0.3) is 0 Å². The SMILES string of the molecule is Cc1cc(-c2ccccc2-c2cccc(-c3ccccc3-c3cc(C)cc(C45CC6CC(CC(C6)C4)C5)c3O)n2)c(O)c(C23CC4CC(CC(C4)C2)C3)c1.[CH3-].[CH3-].[Zr]. The maximum Gasteiger partial charge on any atom is 0.127 e. The fourth-order valence-corrected chi connectivity index (χ4v) is 14.3. The summed E-state index contributed by atoms with van der Waals surface area (Å²) in [6.07, 6.45) is 15.7. The molecular formula is C53H59NO2Zr-2. The molecule has 0 aliphatic heterocycles. The summed E-state index contributed by atoms with van der Waals surface area (Å²) in [5.74, 6) is 5.82. The molecule has 8 aliphatic carbocycles. The topological polar surface area (TPSA) is 53.4 Å². The number of aryl methyl sites for hydroxylation is 2. The van der Waals surface area contributed by atoms with Gasteiger partial charge in [0, 0.05) is 59.6 Å². The van der Waals surface area contributed by atoms with Crippen molar-refractivity contribution in [1.29, 1.82) is 0 Å². The van der Waals surface area contributed by atoms with Crippen LogP contribution < -0.4 is 0 Å². The second-order valence-electron chi connectivity index (χ2n) is 19.3. The number of rotatable bonds is 6. The van der Waals surface area contributed by atoms with Crippen LogP contribution in [0.1, 0.15) is 99.3 Å². The molecule has 8 aliphatic rings. The van der Waals surface area contributed by atoms with Crippen molar-refractivity contribution in [1.82, 2.24) is 4.98 Å². The quantitative estimate of drug-likeness (QED) is 0.168. The first-order chi connectivity index (χ1) is 26.2. The van der Waals surface area contributed by atoms with Crippen molar-refractivity contribution in [2.45, 2.75) is 102 Å². The summed E-state index contributed by atoms with van der Waals surface area (Å²) < 4.78 is 0. The van der Waals surface area contributed by atoms with Gasteiger partial charge >= 0.3 is 0 Å². The summed E-state index contributed by atoms with van der Waals surface area (Å²) in [6, 6.07) is 32.3. The molecule has 0 spiro atoms. The van der Waals surface area contributed by atoms with Crippen molar-refractivity contribution in [3.05, 3.63) is 128 Å². The Morgan fingerprint density at radius 1 is 0.439 bits per heavy atom. The monoisotopic (exact) mass is 831 g/mol. The van der Waals surface area contributed by atoms with Crippen LogP contribution in [0.3, 0.4) is 0 Å². The largest absolute Gasteiger partial charge is 0.507 e. The molecule has 0 radical (unpaired) electrons. The molecule has 5 aromatic rings. The number of benzene rings is 4. The Morgan fingerprint density at radius 3 is 1.09 bits per heavy atom. The third-order valence-corrected chi connectivity index (χ3v) is 15.5. The summed E-state index contributed by atoms with van der Waals surface area (Å²) in [5.41, 5.74) is 12.7. The van der Waals surface area contributed by atoms with E-state index in [1.54, 1.807) is 0 Å². The number of hydrogen-bond donors (Lipinski definition) is 2. The number of hydrogen-bond acceptors (Lipinski definition) is 3. The third kappa shape index (κ3) is 6.60. The van der Waals surface area contributed by atoms with Gasteiger partial charge in [-0.05, 0) is 184 Å². The molecule has 1 heterocycles. The van der Waals surface area contributed by atoms with Crippen LogP contribution in [-0.2, 0) is 37.0 Å². The second-order valence-corrected chi connectivity index (χ2v) is 19.3. The summed E-state index contributed by atoms with van der Waals surface area (Å²) in [7, 11) is 0. The molecule has 57 heavy (non-hydrogen) atoms. The minimum atomic E-state index is 0. The predicted molar refractivity (Wildman–Crippen MR) is 231 cm³/mol. The molecule has 2 N–H and O–H groups in total. The number of phenols is 2. The molecule has 0 unspecified atom stereocenters. The molecule has 8 saturated carbocycles. The summed E-state index contributed by atoms with van der Waals surface area (Å²) in [5, 5.41) is 24.6. The van der Waals surface area contributed by atoms with E-state index in [0.717, 1.165) is 80.3 Å². The van der Waals surface area contributed by atoms with E-state index in [4.69, 9.17) is 4.98 Å². The zero-order chi connectivity index (χ0) is 36.3. The molecule has 13 rings (SSSR count). The van der Waals surface area contributed by atoms with Gasteiger partial charge in [0.2, 0.25) is 0 Å². The van der Waals surface area contributed by atoms with Crippen molar-refractivity contribution in [2.75, 3.05) is 0 Å². The van der Waals surface area contributed by atoms with Gasteiger partial charge in [0.1, 0.15) is 11.5 Å². The predicted octanol–water partition coefficient (Wildman–Crippen LogP) is 13.6. The van der Waals surface area contributed by atoms with Gasteiger partial charge < -0.3 is 25.1 Å². The average Bonchev–Trinajstić information content (AvgIpc) is 3.15. The van der Waals surface area contributed by atoms with E-state index in [1.807, 2.05) is 0 Å². The number of aromatic hydroxyl groups is 2. The summed E-state index contributed by atoms with van der Waals surface area (Å²) in [4.78, 5) is 5.38. The first-order valence-electron chi connectivity index (χ1n) is 21.1. The van der Waals surface area contributed by atoms with Crippen LogP contribution in [0, 0.1) is 64.2 Å². The molecule has 0 atom stereocenters. The number of aromatic nitrogens is 1.